The number of Topliss-reactive ketones (excluding diaryl/α,β-unsaturated/α-hetero) is 1. The molecule has 0 spiro atoms. The Morgan fingerprint density at radius 3 is 3.00 bits per heavy atom. The summed E-state index contributed by atoms with van der Waals surface area (Å²) < 4.78 is 1.94. The molecule has 1 fully saturated rings. The number of aryl methyl sites for hydroxylation is 1. The van der Waals surface area contributed by atoms with E-state index in [0.717, 1.165) is 44.6 Å². The minimum atomic E-state index is -0.154. The summed E-state index contributed by atoms with van der Waals surface area (Å²) >= 11 is 0. The zero-order chi connectivity index (χ0) is 13.0. The maximum atomic E-state index is 12.6. The number of piperidine rings is 1. The maximum absolute atomic E-state index is 12.6. The number of aromatic nitrogens is 2. The van der Waals surface area contributed by atoms with Gasteiger partial charge in [0, 0.05) is 31.4 Å². The first-order valence-corrected chi connectivity index (χ1v) is 6.88. The predicted molar refractivity (Wildman–Crippen MR) is 71.4 cm³/mol. The Morgan fingerprint density at radius 1 is 1.61 bits per heavy atom. The van der Waals surface area contributed by atoms with Gasteiger partial charge in [0.2, 0.25) is 0 Å². The molecule has 2 heterocycles. The number of hydrogen-bond donors (Lipinski definition) is 1. The molecule has 1 unspecified atom stereocenters. The molecule has 1 N–H and O–H groups in total. The molecule has 2 rings (SSSR count). The van der Waals surface area contributed by atoms with Crippen molar-refractivity contribution in [3.63, 3.8) is 0 Å². The summed E-state index contributed by atoms with van der Waals surface area (Å²) in [6.45, 7) is 4.04. The van der Waals surface area contributed by atoms with E-state index in [-0.39, 0.29) is 5.41 Å². The molecule has 18 heavy (non-hydrogen) atoms. The van der Waals surface area contributed by atoms with Crippen molar-refractivity contribution in [3.8, 4) is 0 Å². The van der Waals surface area contributed by atoms with Crippen molar-refractivity contribution in [1.29, 1.82) is 0 Å². The Hall–Kier alpha value is -1.16. The Labute approximate surface area is 109 Å². The monoisotopic (exact) mass is 249 g/mol. The largest absolute Gasteiger partial charge is 0.338 e. The molecule has 1 saturated heterocycles. The first kappa shape index (κ1) is 13.3. The SMILES string of the molecule is CCCC1(C(=O)Cc2nccn2C)CCCNC1. The summed E-state index contributed by atoms with van der Waals surface area (Å²) in [6, 6.07) is 0. The van der Waals surface area contributed by atoms with Gasteiger partial charge in [0.15, 0.2) is 0 Å². The van der Waals surface area contributed by atoms with Crippen LogP contribution in [0.1, 0.15) is 38.4 Å². The van der Waals surface area contributed by atoms with Gasteiger partial charge in [-0.05, 0) is 25.8 Å². The van der Waals surface area contributed by atoms with Gasteiger partial charge in [-0.3, -0.25) is 4.79 Å². The van der Waals surface area contributed by atoms with Gasteiger partial charge in [-0.25, -0.2) is 4.98 Å². The summed E-state index contributed by atoms with van der Waals surface area (Å²) in [6.07, 6.45) is 8.30. The average molecular weight is 249 g/mol. The zero-order valence-electron chi connectivity index (χ0n) is 11.4. The predicted octanol–water partition coefficient (Wildman–Crippen LogP) is 1.70. The summed E-state index contributed by atoms with van der Waals surface area (Å²) in [5, 5.41) is 3.39. The molecule has 4 heteroatoms. The van der Waals surface area contributed by atoms with Crippen LogP contribution in [-0.4, -0.2) is 28.4 Å². The fourth-order valence-corrected chi connectivity index (χ4v) is 2.94. The molecule has 100 valence electrons. The van der Waals surface area contributed by atoms with Crippen LogP contribution in [-0.2, 0) is 18.3 Å². The normalized spacial score (nSPS) is 24.1. The fraction of sp³-hybridized carbons (Fsp3) is 0.714. The van der Waals surface area contributed by atoms with Crippen LogP contribution >= 0.6 is 0 Å². The molecule has 0 saturated carbocycles. The first-order valence-electron chi connectivity index (χ1n) is 6.88. The molecule has 4 nitrogen and oxygen atoms in total. The molecule has 0 bridgehead atoms. The van der Waals surface area contributed by atoms with Gasteiger partial charge in [-0.2, -0.15) is 0 Å². The summed E-state index contributed by atoms with van der Waals surface area (Å²) in [5.74, 6) is 1.23. The molecule has 1 aliphatic heterocycles. The van der Waals surface area contributed by atoms with Gasteiger partial charge in [-0.1, -0.05) is 13.3 Å². The minimum Gasteiger partial charge on any atom is -0.338 e. The third-order valence-corrected chi connectivity index (χ3v) is 4.03. The van der Waals surface area contributed by atoms with Crippen molar-refractivity contribution in [3.05, 3.63) is 18.2 Å². The second-order valence-corrected chi connectivity index (χ2v) is 5.36. The molecule has 1 atom stereocenters. The number of carbonyl (C=O) groups is 1. The van der Waals surface area contributed by atoms with Crippen molar-refractivity contribution < 1.29 is 4.79 Å². The number of hydrogen-bond acceptors (Lipinski definition) is 3. The van der Waals surface area contributed by atoms with Gasteiger partial charge >= 0.3 is 0 Å². The number of imidazole rings is 1. The van der Waals surface area contributed by atoms with Crippen LogP contribution in [0.2, 0.25) is 0 Å². The number of rotatable bonds is 5. The van der Waals surface area contributed by atoms with E-state index in [2.05, 4.69) is 17.2 Å². The highest BCUT2D eigenvalue weighted by Crippen LogP contribution is 2.33. The third kappa shape index (κ3) is 2.64. The Kier molecular flexibility index (Phi) is 4.17. The van der Waals surface area contributed by atoms with E-state index in [9.17, 15) is 4.79 Å². The smallest absolute Gasteiger partial charge is 0.147 e. The highest BCUT2D eigenvalue weighted by Gasteiger charge is 2.38. The van der Waals surface area contributed by atoms with Gasteiger partial charge in [0.25, 0.3) is 0 Å². The highest BCUT2D eigenvalue weighted by atomic mass is 16.1. The van der Waals surface area contributed by atoms with Crippen molar-refractivity contribution >= 4 is 5.78 Å². The van der Waals surface area contributed by atoms with E-state index >= 15 is 0 Å². The van der Waals surface area contributed by atoms with Gasteiger partial charge in [0.05, 0.1) is 6.42 Å². The van der Waals surface area contributed by atoms with Crippen LogP contribution in [0.25, 0.3) is 0 Å². The topological polar surface area (TPSA) is 46.9 Å². The highest BCUT2D eigenvalue weighted by molar-refractivity contribution is 5.86. The quantitative estimate of drug-likeness (QED) is 0.864. The van der Waals surface area contributed by atoms with E-state index in [1.54, 1.807) is 6.20 Å². The molecule has 1 aromatic heterocycles. The van der Waals surface area contributed by atoms with Crippen LogP contribution < -0.4 is 5.32 Å². The molecule has 0 amide bonds. The Bertz CT molecular complexity index is 399. The average Bonchev–Trinajstić information content (AvgIpc) is 2.76. The Balaban J connectivity index is 2.11. The second kappa shape index (κ2) is 5.65. The van der Waals surface area contributed by atoms with E-state index in [0.29, 0.717) is 12.2 Å². The van der Waals surface area contributed by atoms with Crippen molar-refractivity contribution in [2.45, 2.75) is 39.0 Å². The molecule has 0 radical (unpaired) electrons. The van der Waals surface area contributed by atoms with Gasteiger partial charge in [0.1, 0.15) is 11.6 Å². The van der Waals surface area contributed by atoms with Gasteiger partial charge in [-0.15, -0.1) is 0 Å². The van der Waals surface area contributed by atoms with Crippen molar-refractivity contribution in [2.75, 3.05) is 13.1 Å². The molecular formula is C14H23N3O. The number of nitrogens with zero attached hydrogens (tertiary/aromatic N) is 2. The lowest BCUT2D eigenvalue weighted by molar-refractivity contribution is -0.129. The molecular weight excluding hydrogens is 226 g/mol. The second-order valence-electron chi connectivity index (χ2n) is 5.36. The first-order chi connectivity index (χ1) is 8.68. The minimum absolute atomic E-state index is 0.154. The van der Waals surface area contributed by atoms with E-state index in [1.165, 1.54) is 0 Å². The fourth-order valence-electron chi connectivity index (χ4n) is 2.94. The number of carbonyl (C=O) groups excluding carboxylic acids is 1. The lowest BCUT2D eigenvalue weighted by Crippen LogP contribution is -2.46. The van der Waals surface area contributed by atoms with Crippen LogP contribution in [0.5, 0.6) is 0 Å². The van der Waals surface area contributed by atoms with Crippen molar-refractivity contribution in [1.82, 2.24) is 14.9 Å². The van der Waals surface area contributed by atoms with Crippen LogP contribution in [0, 0.1) is 5.41 Å². The molecule has 0 aromatic carbocycles. The molecule has 1 aliphatic rings. The third-order valence-electron chi connectivity index (χ3n) is 4.03. The van der Waals surface area contributed by atoms with Crippen LogP contribution in [0.3, 0.4) is 0 Å². The van der Waals surface area contributed by atoms with E-state index < -0.39 is 0 Å². The van der Waals surface area contributed by atoms with Crippen LogP contribution in [0.15, 0.2) is 12.4 Å². The lowest BCUT2D eigenvalue weighted by atomic mass is 9.72. The van der Waals surface area contributed by atoms with E-state index in [1.807, 2.05) is 17.8 Å². The Morgan fingerprint density at radius 2 is 2.44 bits per heavy atom. The number of nitrogens with one attached hydrogen (secondary N) is 1. The van der Waals surface area contributed by atoms with Crippen LogP contribution in [0.4, 0.5) is 0 Å². The van der Waals surface area contributed by atoms with Gasteiger partial charge < -0.3 is 9.88 Å². The van der Waals surface area contributed by atoms with Crippen molar-refractivity contribution in [2.24, 2.45) is 12.5 Å². The summed E-state index contributed by atoms with van der Waals surface area (Å²) in [5.41, 5.74) is -0.154. The molecule has 1 aromatic rings. The standard InChI is InChI=1S/C14H23N3O/c1-3-5-14(6-4-7-15-11-14)12(18)10-13-16-8-9-17(13)2/h8-9,15H,3-7,10-11H2,1-2H3. The summed E-state index contributed by atoms with van der Waals surface area (Å²) in [4.78, 5) is 16.9. The molecule has 0 aliphatic carbocycles. The summed E-state index contributed by atoms with van der Waals surface area (Å²) in [7, 11) is 1.95. The lowest BCUT2D eigenvalue weighted by Gasteiger charge is -2.36. The maximum Gasteiger partial charge on any atom is 0.147 e. The number of ketones is 1. The zero-order valence-corrected chi connectivity index (χ0v) is 11.4. The van der Waals surface area contributed by atoms with E-state index in [4.69, 9.17) is 0 Å².